The van der Waals surface area contributed by atoms with Crippen molar-refractivity contribution in [1.29, 1.82) is 0 Å². The van der Waals surface area contributed by atoms with Gasteiger partial charge >= 0.3 is 5.69 Å². The highest BCUT2D eigenvalue weighted by atomic mass is 16.6. The van der Waals surface area contributed by atoms with Crippen LogP contribution >= 0.6 is 0 Å². The summed E-state index contributed by atoms with van der Waals surface area (Å²) in [7, 11) is 1.34. The molecule has 2 aromatic rings. The lowest BCUT2D eigenvalue weighted by atomic mass is 10.1. The Balaban J connectivity index is 2.13. The summed E-state index contributed by atoms with van der Waals surface area (Å²) in [4.78, 5) is 22.6. The zero-order valence-electron chi connectivity index (χ0n) is 13.2. The van der Waals surface area contributed by atoms with Crippen molar-refractivity contribution in [3.8, 4) is 5.75 Å². The van der Waals surface area contributed by atoms with Crippen molar-refractivity contribution in [2.24, 2.45) is 0 Å². The fourth-order valence-corrected chi connectivity index (χ4v) is 2.15. The zero-order valence-corrected chi connectivity index (χ0v) is 13.2. The van der Waals surface area contributed by atoms with E-state index in [0.29, 0.717) is 6.54 Å². The van der Waals surface area contributed by atoms with Crippen LogP contribution in [0.2, 0.25) is 0 Å². The molecule has 1 N–H and O–H groups in total. The third kappa shape index (κ3) is 3.65. The van der Waals surface area contributed by atoms with Gasteiger partial charge in [0.05, 0.1) is 17.7 Å². The molecule has 23 heavy (non-hydrogen) atoms. The Hall–Kier alpha value is -2.90. The van der Waals surface area contributed by atoms with Gasteiger partial charge in [0.2, 0.25) is 0 Å². The Labute approximate surface area is 133 Å². The number of benzene rings is 1. The minimum Gasteiger partial charge on any atom is -0.490 e. The third-order valence-corrected chi connectivity index (χ3v) is 3.45. The number of nitrogens with zero attached hydrogens (tertiary/aromatic N) is 3. The van der Waals surface area contributed by atoms with E-state index in [1.807, 2.05) is 20.0 Å². The van der Waals surface area contributed by atoms with Gasteiger partial charge in [0, 0.05) is 36.5 Å². The molecule has 0 fully saturated rings. The quantitative estimate of drug-likeness (QED) is 0.649. The van der Waals surface area contributed by atoms with Crippen LogP contribution in [0.25, 0.3) is 0 Å². The van der Waals surface area contributed by atoms with Crippen LogP contribution in [0.3, 0.4) is 0 Å². The number of hydrogen-bond acceptors (Lipinski definition) is 5. The van der Waals surface area contributed by atoms with E-state index < -0.39 is 4.92 Å². The molecule has 0 spiro atoms. The van der Waals surface area contributed by atoms with Gasteiger partial charge in [0.15, 0.2) is 5.75 Å². The SMILES string of the molecule is CCn1cc(CNC(=O)c2ccc(OC)c([N+](=O)[O-])c2)c(C)n1. The van der Waals surface area contributed by atoms with Crippen LogP contribution in [0.4, 0.5) is 5.69 Å². The number of carbonyl (C=O) groups is 1. The number of carbonyl (C=O) groups excluding carboxylic acids is 1. The fourth-order valence-electron chi connectivity index (χ4n) is 2.15. The van der Waals surface area contributed by atoms with Gasteiger partial charge in [-0.2, -0.15) is 5.10 Å². The predicted octanol–water partition coefficient (Wildman–Crippen LogP) is 2.06. The first kappa shape index (κ1) is 16.5. The first-order valence-corrected chi connectivity index (χ1v) is 7.09. The lowest BCUT2D eigenvalue weighted by Gasteiger charge is -2.06. The summed E-state index contributed by atoms with van der Waals surface area (Å²) < 4.78 is 6.70. The summed E-state index contributed by atoms with van der Waals surface area (Å²) in [6, 6.07) is 4.10. The molecule has 1 aromatic carbocycles. The van der Waals surface area contributed by atoms with Crippen LogP contribution < -0.4 is 10.1 Å². The van der Waals surface area contributed by atoms with Crippen molar-refractivity contribution in [2.75, 3.05) is 7.11 Å². The van der Waals surface area contributed by atoms with Crippen molar-refractivity contribution in [3.63, 3.8) is 0 Å². The Morgan fingerprint density at radius 1 is 1.48 bits per heavy atom. The Bertz CT molecular complexity index is 739. The molecule has 0 unspecified atom stereocenters. The second kappa shape index (κ2) is 6.91. The van der Waals surface area contributed by atoms with Gasteiger partial charge < -0.3 is 10.1 Å². The number of nitro benzene ring substituents is 1. The number of aryl methyl sites for hydroxylation is 2. The topological polar surface area (TPSA) is 99.3 Å². The molecule has 0 atom stereocenters. The molecule has 0 saturated carbocycles. The Morgan fingerprint density at radius 2 is 2.22 bits per heavy atom. The van der Waals surface area contributed by atoms with Gasteiger partial charge in [-0.25, -0.2) is 0 Å². The molecule has 0 aliphatic carbocycles. The minimum absolute atomic E-state index is 0.117. The van der Waals surface area contributed by atoms with E-state index in [9.17, 15) is 14.9 Å². The van der Waals surface area contributed by atoms with Crippen LogP contribution in [0.1, 0.15) is 28.5 Å². The van der Waals surface area contributed by atoms with Crippen LogP contribution in [0, 0.1) is 17.0 Å². The van der Waals surface area contributed by atoms with E-state index in [4.69, 9.17) is 4.74 Å². The molecule has 0 aliphatic heterocycles. The van der Waals surface area contributed by atoms with Gasteiger partial charge in [0.1, 0.15) is 0 Å². The summed E-state index contributed by atoms with van der Waals surface area (Å²) >= 11 is 0. The molecular weight excluding hydrogens is 300 g/mol. The summed E-state index contributed by atoms with van der Waals surface area (Å²) in [6.45, 7) is 4.90. The van der Waals surface area contributed by atoms with Gasteiger partial charge in [-0.1, -0.05) is 0 Å². The highest BCUT2D eigenvalue weighted by molar-refractivity contribution is 5.95. The molecule has 0 radical (unpaired) electrons. The summed E-state index contributed by atoms with van der Waals surface area (Å²) in [5.41, 5.74) is 1.71. The number of amides is 1. The average molecular weight is 318 g/mol. The molecule has 1 amide bonds. The van der Waals surface area contributed by atoms with Gasteiger partial charge in [-0.3, -0.25) is 19.6 Å². The van der Waals surface area contributed by atoms with Gasteiger partial charge in [-0.15, -0.1) is 0 Å². The molecule has 0 saturated heterocycles. The second-order valence-corrected chi connectivity index (χ2v) is 4.92. The molecular formula is C15H18N4O4. The predicted molar refractivity (Wildman–Crippen MR) is 83.5 cm³/mol. The molecule has 1 heterocycles. The maximum Gasteiger partial charge on any atom is 0.311 e. The number of aromatic nitrogens is 2. The number of hydrogen-bond donors (Lipinski definition) is 1. The van der Waals surface area contributed by atoms with Crippen molar-refractivity contribution in [2.45, 2.75) is 26.9 Å². The van der Waals surface area contributed by atoms with Crippen molar-refractivity contribution in [1.82, 2.24) is 15.1 Å². The number of methoxy groups -OCH3 is 1. The van der Waals surface area contributed by atoms with Crippen molar-refractivity contribution < 1.29 is 14.5 Å². The minimum atomic E-state index is -0.578. The average Bonchev–Trinajstić information content (AvgIpc) is 2.92. The first-order valence-electron chi connectivity index (χ1n) is 7.09. The summed E-state index contributed by atoms with van der Waals surface area (Å²) in [6.07, 6.45) is 1.87. The maximum atomic E-state index is 12.2. The summed E-state index contributed by atoms with van der Waals surface area (Å²) in [5.74, 6) is -0.272. The van der Waals surface area contributed by atoms with Crippen molar-refractivity contribution in [3.05, 3.63) is 51.3 Å². The second-order valence-electron chi connectivity index (χ2n) is 4.92. The van der Waals surface area contributed by atoms with Crippen LogP contribution in [-0.4, -0.2) is 27.7 Å². The normalized spacial score (nSPS) is 10.4. The molecule has 0 bridgehead atoms. The van der Waals surface area contributed by atoms with Crippen LogP contribution in [0.15, 0.2) is 24.4 Å². The highest BCUT2D eigenvalue weighted by Gasteiger charge is 2.18. The molecule has 122 valence electrons. The van der Waals surface area contributed by atoms with E-state index in [0.717, 1.165) is 17.8 Å². The monoisotopic (exact) mass is 318 g/mol. The first-order chi connectivity index (χ1) is 11.0. The van der Waals surface area contributed by atoms with Crippen molar-refractivity contribution >= 4 is 11.6 Å². The largest absolute Gasteiger partial charge is 0.490 e. The lowest BCUT2D eigenvalue weighted by molar-refractivity contribution is -0.385. The van der Waals surface area contributed by atoms with E-state index in [1.165, 1.54) is 25.3 Å². The standard InChI is InChI=1S/C15H18N4O4/c1-4-18-9-12(10(2)17-18)8-16-15(20)11-5-6-14(23-3)13(7-11)19(21)22/h5-7,9H,4,8H2,1-3H3,(H,16,20). The Kier molecular flexibility index (Phi) is 4.95. The third-order valence-electron chi connectivity index (χ3n) is 3.45. The number of ether oxygens (including phenoxy) is 1. The maximum absolute atomic E-state index is 12.2. The molecule has 1 aromatic heterocycles. The van der Waals surface area contributed by atoms with Crippen LogP contribution in [-0.2, 0) is 13.1 Å². The summed E-state index contributed by atoms with van der Waals surface area (Å²) in [5, 5.41) is 18.0. The lowest BCUT2D eigenvalue weighted by Crippen LogP contribution is -2.23. The number of rotatable bonds is 6. The molecule has 2 rings (SSSR count). The molecule has 8 nitrogen and oxygen atoms in total. The van der Waals surface area contributed by atoms with Gasteiger partial charge in [0.25, 0.3) is 5.91 Å². The molecule has 0 aliphatic rings. The van der Waals surface area contributed by atoms with Crippen LogP contribution in [0.5, 0.6) is 5.75 Å². The smallest absolute Gasteiger partial charge is 0.311 e. The zero-order chi connectivity index (χ0) is 17.0. The van der Waals surface area contributed by atoms with E-state index in [1.54, 1.807) is 4.68 Å². The van der Waals surface area contributed by atoms with E-state index in [-0.39, 0.29) is 22.9 Å². The van der Waals surface area contributed by atoms with Gasteiger partial charge in [-0.05, 0) is 26.0 Å². The highest BCUT2D eigenvalue weighted by Crippen LogP contribution is 2.27. The Morgan fingerprint density at radius 3 is 2.78 bits per heavy atom. The number of nitrogens with one attached hydrogen (secondary N) is 1. The van der Waals surface area contributed by atoms with E-state index in [2.05, 4.69) is 10.4 Å². The molecule has 8 heteroatoms. The fraction of sp³-hybridized carbons (Fsp3) is 0.333. The van der Waals surface area contributed by atoms with E-state index >= 15 is 0 Å². The number of nitro groups is 1.